The fourth-order valence-corrected chi connectivity index (χ4v) is 1.19. The highest BCUT2D eigenvalue weighted by Crippen LogP contribution is 2.05. The highest BCUT2D eigenvalue weighted by Gasteiger charge is 2.21. The van der Waals surface area contributed by atoms with Crippen molar-refractivity contribution in [3.05, 3.63) is 0 Å². The zero-order valence-electron chi connectivity index (χ0n) is 5.82. The molecule has 0 aromatic carbocycles. The molecule has 1 aliphatic heterocycles. The molecule has 2 N–H and O–H groups in total. The van der Waals surface area contributed by atoms with Crippen LogP contribution in [-0.4, -0.2) is 24.1 Å². The summed E-state index contributed by atoms with van der Waals surface area (Å²) in [6.45, 7) is 5.12. The van der Waals surface area contributed by atoms with Crippen molar-refractivity contribution < 1.29 is 0 Å². The molecule has 54 valence electrons. The van der Waals surface area contributed by atoms with Crippen LogP contribution in [0.2, 0.25) is 0 Å². The molecule has 3 atom stereocenters. The highest BCUT2D eigenvalue weighted by atomic mass is 35.5. The Bertz CT molecular complexity index is 97.1. The van der Waals surface area contributed by atoms with E-state index in [1.54, 1.807) is 0 Å². The summed E-state index contributed by atoms with van der Waals surface area (Å²) < 4.78 is 0. The van der Waals surface area contributed by atoms with E-state index < -0.39 is 0 Å². The maximum Gasteiger partial charge on any atom is 0.0612 e. The van der Waals surface area contributed by atoms with E-state index >= 15 is 0 Å². The monoisotopic (exact) mass is 148 g/mol. The molecule has 1 heterocycles. The molecule has 1 aliphatic rings. The fraction of sp³-hybridized carbons (Fsp3) is 1.00. The van der Waals surface area contributed by atoms with E-state index in [9.17, 15) is 0 Å². The molecule has 1 saturated heterocycles. The lowest BCUT2D eigenvalue weighted by Gasteiger charge is -2.31. The molecule has 3 heteroatoms. The average Bonchev–Trinajstić information content (AvgIpc) is 1.80. The molecule has 0 aliphatic carbocycles. The van der Waals surface area contributed by atoms with Gasteiger partial charge < -0.3 is 5.32 Å². The number of hydrogen-bond donors (Lipinski definition) is 2. The Balaban J connectivity index is 2.35. The lowest BCUT2D eigenvalue weighted by molar-refractivity contribution is 0.335. The van der Waals surface area contributed by atoms with E-state index in [1.165, 1.54) is 0 Å². The van der Waals surface area contributed by atoms with E-state index in [4.69, 9.17) is 11.6 Å². The number of alkyl halides is 1. The smallest absolute Gasteiger partial charge is 0.0612 e. The number of rotatable bonds is 0. The Morgan fingerprint density at radius 2 is 2.11 bits per heavy atom. The second kappa shape index (κ2) is 2.86. The zero-order chi connectivity index (χ0) is 6.85. The molecular formula is C6H13ClN2. The fourth-order valence-electron chi connectivity index (χ4n) is 1.02. The van der Waals surface area contributed by atoms with Crippen LogP contribution in [0.25, 0.3) is 0 Å². The van der Waals surface area contributed by atoms with Crippen molar-refractivity contribution >= 4 is 11.6 Å². The molecule has 3 unspecified atom stereocenters. The molecule has 1 fully saturated rings. The van der Waals surface area contributed by atoms with Crippen LogP contribution in [-0.2, 0) is 0 Å². The van der Waals surface area contributed by atoms with E-state index in [1.807, 2.05) is 0 Å². The second-order valence-corrected chi connectivity index (χ2v) is 3.16. The molecule has 0 aromatic rings. The van der Waals surface area contributed by atoms with Crippen molar-refractivity contribution in [3.63, 3.8) is 0 Å². The molecule has 0 amide bonds. The third kappa shape index (κ3) is 1.81. The Morgan fingerprint density at radius 1 is 1.44 bits per heavy atom. The van der Waals surface area contributed by atoms with Gasteiger partial charge in [-0.3, -0.25) is 5.32 Å². The average molecular weight is 149 g/mol. The van der Waals surface area contributed by atoms with Gasteiger partial charge >= 0.3 is 0 Å². The third-order valence-corrected chi connectivity index (χ3v) is 2.21. The molecule has 9 heavy (non-hydrogen) atoms. The summed E-state index contributed by atoms with van der Waals surface area (Å²) in [6.07, 6.45) is 0.412. The van der Waals surface area contributed by atoms with Crippen molar-refractivity contribution in [1.29, 1.82) is 0 Å². The first-order chi connectivity index (χ1) is 4.20. The second-order valence-electron chi connectivity index (χ2n) is 2.60. The number of halogens is 1. The Hall–Kier alpha value is 0.210. The minimum Gasteiger partial charge on any atom is -0.301 e. The Morgan fingerprint density at radius 3 is 2.56 bits per heavy atom. The minimum absolute atomic E-state index is 0.237. The summed E-state index contributed by atoms with van der Waals surface area (Å²) in [4.78, 5) is 0. The van der Waals surface area contributed by atoms with Crippen molar-refractivity contribution in [2.24, 2.45) is 0 Å². The molecule has 1 rings (SSSR count). The molecule has 0 radical (unpaired) electrons. The van der Waals surface area contributed by atoms with Crippen molar-refractivity contribution in [3.8, 4) is 0 Å². The first-order valence-electron chi connectivity index (χ1n) is 3.33. The summed E-state index contributed by atoms with van der Waals surface area (Å²) in [7, 11) is 0. The SMILES string of the molecule is CC1NCC(Cl)C(C)N1. The first-order valence-corrected chi connectivity index (χ1v) is 3.77. The summed E-state index contributed by atoms with van der Waals surface area (Å²) in [5, 5.41) is 6.74. The summed E-state index contributed by atoms with van der Waals surface area (Å²) in [6, 6.07) is 0.433. The zero-order valence-corrected chi connectivity index (χ0v) is 6.57. The van der Waals surface area contributed by atoms with Gasteiger partial charge in [0, 0.05) is 12.6 Å². The van der Waals surface area contributed by atoms with Gasteiger partial charge in [0.15, 0.2) is 0 Å². The van der Waals surface area contributed by atoms with Gasteiger partial charge in [0.25, 0.3) is 0 Å². The predicted octanol–water partition coefficient (Wildman–Crippen LogP) is 0.521. The molecule has 0 saturated carbocycles. The lowest BCUT2D eigenvalue weighted by Crippen LogP contribution is -2.56. The van der Waals surface area contributed by atoms with Gasteiger partial charge in [-0.2, -0.15) is 0 Å². The van der Waals surface area contributed by atoms with Crippen molar-refractivity contribution in [1.82, 2.24) is 10.6 Å². The van der Waals surface area contributed by atoms with Gasteiger partial charge in [-0.15, -0.1) is 11.6 Å². The van der Waals surface area contributed by atoms with Gasteiger partial charge in [-0.25, -0.2) is 0 Å². The maximum atomic E-state index is 5.91. The van der Waals surface area contributed by atoms with Crippen molar-refractivity contribution in [2.75, 3.05) is 6.54 Å². The lowest BCUT2D eigenvalue weighted by atomic mass is 10.2. The summed E-state index contributed by atoms with van der Waals surface area (Å²) in [5.74, 6) is 0. The Labute approximate surface area is 61.0 Å². The van der Waals surface area contributed by atoms with Gasteiger partial charge in [0.05, 0.1) is 11.5 Å². The van der Waals surface area contributed by atoms with Crippen molar-refractivity contribution in [2.45, 2.75) is 31.4 Å². The topological polar surface area (TPSA) is 24.1 Å². The molecular weight excluding hydrogens is 136 g/mol. The van der Waals surface area contributed by atoms with Crippen LogP contribution in [0, 0.1) is 0 Å². The van der Waals surface area contributed by atoms with Gasteiger partial charge in [0.1, 0.15) is 0 Å². The van der Waals surface area contributed by atoms with E-state index in [0.29, 0.717) is 12.2 Å². The van der Waals surface area contributed by atoms with E-state index in [2.05, 4.69) is 24.5 Å². The molecule has 0 spiro atoms. The first kappa shape index (κ1) is 7.32. The third-order valence-electron chi connectivity index (χ3n) is 1.67. The van der Waals surface area contributed by atoms with Crippen LogP contribution in [0.15, 0.2) is 0 Å². The van der Waals surface area contributed by atoms with Crippen LogP contribution in [0.5, 0.6) is 0 Å². The van der Waals surface area contributed by atoms with Gasteiger partial charge in [-0.05, 0) is 13.8 Å². The summed E-state index contributed by atoms with van der Waals surface area (Å²) in [5.41, 5.74) is 0. The number of nitrogens with one attached hydrogen (secondary N) is 2. The molecule has 0 aromatic heterocycles. The normalized spacial score (nSPS) is 45.0. The van der Waals surface area contributed by atoms with Crippen LogP contribution in [0.1, 0.15) is 13.8 Å². The van der Waals surface area contributed by atoms with Crippen LogP contribution in [0.3, 0.4) is 0 Å². The maximum absolute atomic E-state index is 5.91. The largest absolute Gasteiger partial charge is 0.301 e. The minimum atomic E-state index is 0.237. The Kier molecular flexibility index (Phi) is 2.33. The summed E-state index contributed by atoms with van der Waals surface area (Å²) >= 11 is 5.91. The van der Waals surface area contributed by atoms with E-state index in [-0.39, 0.29) is 5.38 Å². The van der Waals surface area contributed by atoms with Crippen LogP contribution in [0.4, 0.5) is 0 Å². The standard InChI is InChI=1S/C6H13ClN2/c1-4-6(7)3-8-5(2)9-4/h4-6,8-9H,3H2,1-2H3. The predicted molar refractivity (Wildman–Crippen MR) is 39.7 cm³/mol. The molecule has 0 bridgehead atoms. The van der Waals surface area contributed by atoms with E-state index in [0.717, 1.165) is 6.54 Å². The highest BCUT2D eigenvalue weighted by molar-refractivity contribution is 6.21. The molecule has 2 nitrogen and oxygen atoms in total. The number of hydrogen-bond acceptors (Lipinski definition) is 2. The van der Waals surface area contributed by atoms with Crippen LogP contribution >= 0.6 is 11.6 Å². The van der Waals surface area contributed by atoms with Gasteiger partial charge in [-0.1, -0.05) is 0 Å². The quantitative estimate of drug-likeness (QED) is 0.490. The van der Waals surface area contributed by atoms with Crippen LogP contribution < -0.4 is 10.6 Å². The van der Waals surface area contributed by atoms with Gasteiger partial charge in [0.2, 0.25) is 0 Å².